The summed E-state index contributed by atoms with van der Waals surface area (Å²) in [6.07, 6.45) is 1.12. The van der Waals surface area contributed by atoms with Crippen LogP contribution in [-0.4, -0.2) is 45.9 Å². The molecule has 3 rings (SSSR count). The summed E-state index contributed by atoms with van der Waals surface area (Å²) in [4.78, 5) is 31.5. The Bertz CT molecular complexity index is 997. The number of nitrogens with zero attached hydrogens (tertiary/aromatic N) is 3. The van der Waals surface area contributed by atoms with E-state index in [1.165, 1.54) is 0 Å². The Morgan fingerprint density at radius 2 is 1.97 bits per heavy atom. The average molecular weight is 434 g/mol. The Hall–Kier alpha value is -2.81. The SMILES string of the molecule is CN1CCCn2c(-c3cc(F)ccc3F)nc(C(=O)N[C@@H](CC(C)(C)C)C(N)=O)c2C1. The summed E-state index contributed by atoms with van der Waals surface area (Å²) in [5.74, 6) is -2.22. The van der Waals surface area contributed by atoms with Crippen LogP contribution in [0.25, 0.3) is 11.4 Å². The molecule has 0 saturated heterocycles. The van der Waals surface area contributed by atoms with Crippen molar-refractivity contribution in [3.05, 3.63) is 41.2 Å². The third-order valence-corrected chi connectivity index (χ3v) is 5.26. The predicted octanol–water partition coefficient (Wildman–Crippen LogP) is 2.68. The van der Waals surface area contributed by atoms with Gasteiger partial charge in [0, 0.05) is 13.1 Å². The minimum Gasteiger partial charge on any atom is -0.368 e. The van der Waals surface area contributed by atoms with E-state index in [4.69, 9.17) is 5.73 Å². The maximum Gasteiger partial charge on any atom is 0.272 e. The summed E-state index contributed by atoms with van der Waals surface area (Å²) in [6.45, 7) is 7.52. The number of amides is 2. The predicted molar refractivity (Wildman–Crippen MR) is 113 cm³/mol. The van der Waals surface area contributed by atoms with Crippen LogP contribution in [0, 0.1) is 17.0 Å². The molecular weight excluding hydrogens is 404 g/mol. The van der Waals surface area contributed by atoms with Crippen molar-refractivity contribution in [3.8, 4) is 11.4 Å². The van der Waals surface area contributed by atoms with E-state index in [0.717, 1.165) is 31.2 Å². The summed E-state index contributed by atoms with van der Waals surface area (Å²) < 4.78 is 30.1. The van der Waals surface area contributed by atoms with Crippen molar-refractivity contribution in [2.45, 2.75) is 52.7 Å². The second kappa shape index (κ2) is 8.74. The smallest absolute Gasteiger partial charge is 0.272 e. The third kappa shape index (κ3) is 5.28. The Labute approximate surface area is 180 Å². The molecule has 0 saturated carbocycles. The highest BCUT2D eigenvalue weighted by atomic mass is 19.1. The number of carbonyl (C=O) groups is 2. The van der Waals surface area contributed by atoms with Crippen LogP contribution in [0.15, 0.2) is 18.2 Å². The zero-order valence-corrected chi connectivity index (χ0v) is 18.3. The van der Waals surface area contributed by atoms with Crippen LogP contribution in [0.3, 0.4) is 0 Å². The van der Waals surface area contributed by atoms with E-state index in [9.17, 15) is 18.4 Å². The fourth-order valence-corrected chi connectivity index (χ4v) is 3.84. The molecule has 2 amide bonds. The summed E-state index contributed by atoms with van der Waals surface area (Å²) in [5, 5.41) is 2.69. The molecule has 3 N–H and O–H groups in total. The van der Waals surface area contributed by atoms with Crippen molar-refractivity contribution in [2.75, 3.05) is 13.6 Å². The molecule has 0 bridgehead atoms. The maximum absolute atomic E-state index is 14.5. The summed E-state index contributed by atoms with van der Waals surface area (Å²) >= 11 is 0. The van der Waals surface area contributed by atoms with Crippen molar-refractivity contribution in [3.63, 3.8) is 0 Å². The summed E-state index contributed by atoms with van der Waals surface area (Å²) in [7, 11) is 1.92. The first-order valence-electron chi connectivity index (χ1n) is 10.3. The molecule has 168 valence electrons. The van der Waals surface area contributed by atoms with Gasteiger partial charge >= 0.3 is 0 Å². The van der Waals surface area contributed by atoms with Crippen LogP contribution >= 0.6 is 0 Å². The van der Waals surface area contributed by atoms with Crippen LogP contribution in [0.4, 0.5) is 8.78 Å². The second-order valence-electron chi connectivity index (χ2n) is 9.29. The number of primary amides is 1. The zero-order chi connectivity index (χ0) is 22.9. The lowest BCUT2D eigenvalue weighted by atomic mass is 9.88. The molecule has 9 heteroatoms. The first-order chi connectivity index (χ1) is 14.5. The molecule has 0 spiro atoms. The normalized spacial score (nSPS) is 15.8. The first kappa shape index (κ1) is 22.9. The van der Waals surface area contributed by atoms with Gasteiger partial charge < -0.3 is 20.5 Å². The monoisotopic (exact) mass is 433 g/mol. The van der Waals surface area contributed by atoms with Crippen LogP contribution in [0.5, 0.6) is 0 Å². The molecule has 1 atom stereocenters. The van der Waals surface area contributed by atoms with E-state index in [1.54, 1.807) is 4.57 Å². The molecule has 1 aliphatic heterocycles. The number of halogens is 2. The average Bonchev–Trinajstić information content (AvgIpc) is 2.88. The molecule has 2 heterocycles. The minimum absolute atomic E-state index is 0.00834. The van der Waals surface area contributed by atoms with Crippen molar-refractivity contribution in [2.24, 2.45) is 11.1 Å². The molecule has 1 aliphatic rings. The van der Waals surface area contributed by atoms with E-state index in [1.807, 2.05) is 32.7 Å². The fourth-order valence-electron chi connectivity index (χ4n) is 3.84. The van der Waals surface area contributed by atoms with Gasteiger partial charge in [0.25, 0.3) is 5.91 Å². The number of fused-ring (bicyclic) bond motifs is 1. The third-order valence-electron chi connectivity index (χ3n) is 5.26. The van der Waals surface area contributed by atoms with Crippen molar-refractivity contribution < 1.29 is 18.4 Å². The van der Waals surface area contributed by atoms with E-state index < -0.39 is 29.5 Å². The number of benzene rings is 1. The van der Waals surface area contributed by atoms with E-state index >= 15 is 0 Å². The van der Waals surface area contributed by atoms with Crippen LogP contribution in [-0.2, 0) is 17.9 Å². The van der Waals surface area contributed by atoms with Gasteiger partial charge in [-0.1, -0.05) is 20.8 Å². The van der Waals surface area contributed by atoms with Crippen molar-refractivity contribution in [1.82, 2.24) is 19.8 Å². The largest absolute Gasteiger partial charge is 0.368 e. The number of nitrogens with two attached hydrogens (primary N) is 1. The molecule has 7 nitrogen and oxygen atoms in total. The fraction of sp³-hybridized carbons (Fsp3) is 0.500. The van der Waals surface area contributed by atoms with Gasteiger partial charge in [0.1, 0.15) is 23.5 Å². The molecule has 0 radical (unpaired) electrons. The number of rotatable bonds is 5. The van der Waals surface area contributed by atoms with E-state index in [2.05, 4.69) is 10.3 Å². The standard InChI is InChI=1S/C22H29F2N5O2/c1-22(2,3)11-16(19(25)30)26-21(31)18-17-12-28(4)8-5-9-29(17)20(27-18)14-10-13(23)6-7-15(14)24/h6-7,10,16H,5,8-9,11-12H2,1-4H3,(H2,25,30)(H,26,31)/t16-/m0/s1. The summed E-state index contributed by atoms with van der Waals surface area (Å²) in [5.41, 5.74) is 5.94. The molecule has 0 unspecified atom stereocenters. The van der Waals surface area contributed by atoms with Gasteiger partial charge in [-0.25, -0.2) is 13.8 Å². The molecule has 0 fully saturated rings. The lowest BCUT2D eigenvalue weighted by Crippen LogP contribution is -2.46. The number of imidazole rings is 1. The van der Waals surface area contributed by atoms with Gasteiger partial charge in [0.05, 0.1) is 11.3 Å². The zero-order valence-electron chi connectivity index (χ0n) is 18.3. The lowest BCUT2D eigenvalue weighted by molar-refractivity contribution is -0.120. The topological polar surface area (TPSA) is 93.2 Å². The Morgan fingerprint density at radius 1 is 1.26 bits per heavy atom. The van der Waals surface area contributed by atoms with Crippen LogP contribution in [0.2, 0.25) is 0 Å². The molecule has 2 aromatic rings. The highest BCUT2D eigenvalue weighted by Crippen LogP contribution is 2.29. The van der Waals surface area contributed by atoms with Crippen LogP contribution in [0.1, 0.15) is 49.8 Å². The quantitative estimate of drug-likeness (QED) is 0.758. The molecule has 1 aromatic heterocycles. The van der Waals surface area contributed by atoms with Gasteiger partial charge in [-0.2, -0.15) is 0 Å². The molecule has 0 aliphatic carbocycles. The van der Waals surface area contributed by atoms with Gasteiger partial charge in [-0.15, -0.1) is 0 Å². The Balaban J connectivity index is 2.05. The van der Waals surface area contributed by atoms with Crippen molar-refractivity contribution >= 4 is 11.8 Å². The van der Waals surface area contributed by atoms with Crippen LogP contribution < -0.4 is 11.1 Å². The highest BCUT2D eigenvalue weighted by Gasteiger charge is 2.30. The van der Waals surface area contributed by atoms with Gasteiger partial charge in [-0.05, 0) is 50.0 Å². The number of nitrogens with one attached hydrogen (secondary N) is 1. The van der Waals surface area contributed by atoms with Gasteiger partial charge in [-0.3, -0.25) is 9.59 Å². The second-order valence-corrected chi connectivity index (χ2v) is 9.29. The highest BCUT2D eigenvalue weighted by molar-refractivity contribution is 5.97. The lowest BCUT2D eigenvalue weighted by Gasteiger charge is -2.24. The number of hydrogen-bond acceptors (Lipinski definition) is 4. The van der Waals surface area contributed by atoms with Gasteiger partial charge in [0.15, 0.2) is 5.69 Å². The first-order valence-corrected chi connectivity index (χ1v) is 10.3. The number of aromatic nitrogens is 2. The molecule has 31 heavy (non-hydrogen) atoms. The minimum atomic E-state index is -0.872. The van der Waals surface area contributed by atoms with E-state index in [-0.39, 0.29) is 22.5 Å². The maximum atomic E-state index is 14.5. The Kier molecular flexibility index (Phi) is 6.45. The number of hydrogen-bond donors (Lipinski definition) is 2. The van der Waals surface area contributed by atoms with E-state index in [0.29, 0.717) is 25.2 Å². The molecule has 1 aromatic carbocycles. The van der Waals surface area contributed by atoms with Crippen molar-refractivity contribution in [1.29, 1.82) is 0 Å². The van der Waals surface area contributed by atoms with Gasteiger partial charge in [0.2, 0.25) is 5.91 Å². The Morgan fingerprint density at radius 3 is 2.61 bits per heavy atom. The molecular formula is C22H29F2N5O2. The number of carbonyl (C=O) groups excluding carboxylic acids is 2. The summed E-state index contributed by atoms with van der Waals surface area (Å²) in [6, 6.07) is 2.29.